The van der Waals surface area contributed by atoms with Gasteiger partial charge >= 0.3 is 21.4 Å². The van der Waals surface area contributed by atoms with Crippen LogP contribution < -0.4 is 0 Å². The van der Waals surface area contributed by atoms with Crippen molar-refractivity contribution >= 4 is 21.4 Å². The Balaban J connectivity index is 0.000000230. The molecule has 2 unspecified atom stereocenters. The maximum Gasteiger partial charge on any atom is 0.460 e. The second-order valence-electron chi connectivity index (χ2n) is 10.5. The maximum atomic E-state index is 5.80. The van der Waals surface area contributed by atoms with Crippen molar-refractivity contribution in [3.63, 3.8) is 0 Å². The van der Waals surface area contributed by atoms with Gasteiger partial charge in [-0.3, -0.25) is 0 Å². The summed E-state index contributed by atoms with van der Waals surface area (Å²) in [6.45, 7) is 26.6. The van der Waals surface area contributed by atoms with Crippen LogP contribution in [0.4, 0.5) is 0 Å². The van der Waals surface area contributed by atoms with Gasteiger partial charge in [0.1, 0.15) is 0 Å². The number of rotatable bonds is 3. The lowest BCUT2D eigenvalue weighted by atomic mass is 9.75. The van der Waals surface area contributed by atoms with Crippen molar-refractivity contribution < 1.29 is 27.9 Å². The van der Waals surface area contributed by atoms with Crippen molar-refractivity contribution in [3.8, 4) is 0 Å². The highest BCUT2D eigenvalue weighted by atomic mass is 16.7. The largest absolute Gasteiger partial charge is 0.460 e. The van der Waals surface area contributed by atoms with Gasteiger partial charge in [0, 0.05) is 0 Å². The Bertz CT molecular complexity index is 469. The van der Waals surface area contributed by atoms with Crippen molar-refractivity contribution in [2.45, 2.75) is 124 Å². The van der Waals surface area contributed by atoms with Gasteiger partial charge in [-0.15, -0.1) is 0 Å². The smallest absolute Gasteiger partial charge is 0.409 e. The molecule has 0 aromatic heterocycles. The van der Waals surface area contributed by atoms with E-state index < -0.39 is 0 Å². The molecule has 0 bridgehead atoms. The summed E-state index contributed by atoms with van der Waals surface area (Å²) in [5, 5.41) is 0. The Morgan fingerprint density at radius 2 is 0.933 bits per heavy atom. The third-order valence-electron chi connectivity index (χ3n) is 5.91. The molecule has 174 valence electrons. The second-order valence-corrected chi connectivity index (χ2v) is 10.5. The zero-order valence-electron chi connectivity index (χ0n) is 21.5. The van der Waals surface area contributed by atoms with E-state index in [1.54, 1.807) is 0 Å². The van der Waals surface area contributed by atoms with E-state index in [1.807, 2.05) is 13.8 Å². The Hall–Kier alpha value is -0.0452. The summed E-state index contributed by atoms with van der Waals surface area (Å²) in [7, 11) is 0.0370. The van der Waals surface area contributed by atoms with Crippen LogP contribution >= 0.6 is 0 Å². The highest BCUT2D eigenvalue weighted by Gasteiger charge is 2.51. The minimum Gasteiger partial charge on any atom is -0.409 e. The van der Waals surface area contributed by atoms with E-state index in [2.05, 4.69) is 69.2 Å². The van der Waals surface area contributed by atoms with Gasteiger partial charge in [0.2, 0.25) is 0 Å². The Kier molecular flexibility index (Phi) is 10.9. The monoisotopic (exact) mass is 426 g/mol. The van der Waals surface area contributed by atoms with Crippen LogP contribution in [-0.4, -0.2) is 58.0 Å². The van der Waals surface area contributed by atoms with Gasteiger partial charge in [0.25, 0.3) is 0 Å². The van der Waals surface area contributed by atoms with Gasteiger partial charge < -0.3 is 27.9 Å². The van der Waals surface area contributed by atoms with Crippen LogP contribution in [0.15, 0.2) is 0 Å². The molecule has 0 aliphatic carbocycles. The molecule has 3 fully saturated rings. The first-order chi connectivity index (χ1) is 13.7. The average Bonchev–Trinajstić information content (AvgIpc) is 3.30. The predicted molar refractivity (Wildman–Crippen MR) is 126 cm³/mol. The van der Waals surface area contributed by atoms with Crippen LogP contribution in [0.5, 0.6) is 0 Å². The summed E-state index contributed by atoms with van der Waals surface area (Å²) in [5.74, 6) is 1.39. The molecule has 9 heteroatoms. The molecule has 3 rings (SSSR count). The van der Waals surface area contributed by atoms with Gasteiger partial charge in [-0.25, -0.2) is 0 Å². The molecule has 0 aromatic carbocycles. The average molecular weight is 426 g/mol. The highest BCUT2D eigenvalue weighted by Crippen LogP contribution is 2.39. The Labute approximate surface area is 186 Å². The Morgan fingerprint density at radius 3 is 1.13 bits per heavy atom. The van der Waals surface area contributed by atoms with E-state index in [0.717, 1.165) is 13.2 Å². The number of hydrogen-bond donors (Lipinski definition) is 0. The fourth-order valence-corrected chi connectivity index (χ4v) is 2.91. The van der Waals surface area contributed by atoms with Gasteiger partial charge in [0.05, 0.1) is 36.6 Å². The topological polar surface area (TPSA) is 55.4 Å². The summed E-state index contributed by atoms with van der Waals surface area (Å²) in [6.07, 6.45) is 0.514. The van der Waals surface area contributed by atoms with E-state index in [9.17, 15) is 0 Å². The summed E-state index contributed by atoms with van der Waals surface area (Å²) in [5.41, 5.74) is -0.357. The minimum atomic E-state index is -0.179. The lowest BCUT2D eigenvalue weighted by molar-refractivity contribution is 0.00578. The second kappa shape index (κ2) is 11.7. The normalized spacial score (nSPS) is 27.5. The summed E-state index contributed by atoms with van der Waals surface area (Å²) < 4.78 is 33.0. The van der Waals surface area contributed by atoms with Crippen molar-refractivity contribution in [1.82, 2.24) is 0 Å². The molecule has 0 radical (unpaired) electrons. The fraction of sp³-hybridized carbons (Fsp3) is 1.00. The molecule has 0 N–H and O–H groups in total. The maximum absolute atomic E-state index is 5.80. The van der Waals surface area contributed by atoms with Crippen LogP contribution in [0.3, 0.4) is 0 Å². The molecule has 6 nitrogen and oxygen atoms in total. The lowest BCUT2D eigenvalue weighted by Gasteiger charge is -2.32. The minimum absolute atomic E-state index is 0.0185. The van der Waals surface area contributed by atoms with Crippen LogP contribution in [0, 0.1) is 0 Å². The van der Waals surface area contributed by atoms with Gasteiger partial charge in [-0.05, 0) is 59.0 Å². The van der Waals surface area contributed by atoms with E-state index in [1.165, 1.54) is 0 Å². The molecule has 3 aliphatic heterocycles. The Morgan fingerprint density at radius 1 is 0.600 bits per heavy atom. The highest BCUT2D eigenvalue weighted by molar-refractivity contribution is 6.47. The van der Waals surface area contributed by atoms with E-state index in [0.29, 0.717) is 17.5 Å². The summed E-state index contributed by atoms with van der Waals surface area (Å²) in [6, 6.07) is 0. The third kappa shape index (κ3) is 8.14. The molecule has 2 atom stereocenters. The predicted octanol–water partition coefficient (Wildman–Crippen LogP) is 5.13. The zero-order chi connectivity index (χ0) is 23.3. The van der Waals surface area contributed by atoms with E-state index >= 15 is 0 Å². The quantitative estimate of drug-likeness (QED) is 0.584. The molecule has 3 saturated heterocycles. The van der Waals surface area contributed by atoms with Crippen molar-refractivity contribution in [3.05, 3.63) is 0 Å². The molecule has 0 saturated carbocycles. The molecule has 0 spiro atoms. The third-order valence-corrected chi connectivity index (χ3v) is 5.91. The molecule has 0 amide bonds. The van der Waals surface area contributed by atoms with Crippen molar-refractivity contribution in [1.29, 1.82) is 0 Å². The first-order valence-corrected chi connectivity index (χ1v) is 11.6. The van der Waals surface area contributed by atoms with Gasteiger partial charge in [-0.1, -0.05) is 41.5 Å². The van der Waals surface area contributed by atoms with Crippen LogP contribution in [-0.2, 0) is 27.9 Å². The first kappa shape index (κ1) is 28.0. The zero-order valence-corrected chi connectivity index (χ0v) is 21.5. The van der Waals surface area contributed by atoms with Gasteiger partial charge in [-0.2, -0.15) is 0 Å². The molecule has 3 aliphatic rings. The van der Waals surface area contributed by atoms with Crippen LogP contribution in [0.2, 0.25) is 17.5 Å². The lowest BCUT2D eigenvalue weighted by Crippen LogP contribution is -2.41. The molecular formula is C21H45B3O6. The molecule has 0 aromatic rings. The summed E-state index contributed by atoms with van der Waals surface area (Å²) in [4.78, 5) is 0. The standard InChI is InChI=1S/C9H19BO2.C7H15BO2.C5H11BO2/c1-7(2)10-11-8(3,4)9(5,6)12-10;1-5(2)8-9-6(3)7(4)10-8;1-5(2)6-7-3-4-8-6/h7H,1-6H3;5-7H,1-4H3;5H,3-4H2,1-2H3. The van der Waals surface area contributed by atoms with E-state index in [-0.39, 0.29) is 44.8 Å². The first-order valence-electron chi connectivity index (χ1n) is 11.6. The van der Waals surface area contributed by atoms with Gasteiger partial charge in [0.15, 0.2) is 0 Å². The molecule has 3 heterocycles. The van der Waals surface area contributed by atoms with E-state index in [4.69, 9.17) is 27.9 Å². The van der Waals surface area contributed by atoms with Crippen molar-refractivity contribution in [2.75, 3.05) is 13.2 Å². The van der Waals surface area contributed by atoms with Crippen molar-refractivity contribution in [2.24, 2.45) is 0 Å². The van der Waals surface area contributed by atoms with Crippen LogP contribution in [0.1, 0.15) is 83.1 Å². The fourth-order valence-electron chi connectivity index (χ4n) is 2.91. The SMILES string of the molecule is CC(C)B1OC(C)(C)C(C)(C)O1.CC(C)B1OC(C)C(C)O1.CC(C)B1OCCO1. The summed E-state index contributed by atoms with van der Waals surface area (Å²) >= 11 is 0. The molecule has 30 heavy (non-hydrogen) atoms. The van der Waals surface area contributed by atoms with Crippen LogP contribution in [0.25, 0.3) is 0 Å². The number of hydrogen-bond acceptors (Lipinski definition) is 6. The molecular weight excluding hydrogens is 381 g/mol.